The minimum atomic E-state index is -3.58. The lowest BCUT2D eigenvalue weighted by Crippen LogP contribution is -2.39. The number of carbonyl (C=O) groups is 1. The molecule has 0 bridgehead atoms. The number of halogens is 2. The van der Waals surface area contributed by atoms with Gasteiger partial charge in [-0.15, -0.1) is 0 Å². The SMILES string of the molecule is CS(=O)(=O)N(CCC(=O)NC1CCCCC1)c1cccc(Cl)c1Cl. The summed E-state index contributed by atoms with van der Waals surface area (Å²) >= 11 is 12.1. The van der Waals surface area contributed by atoms with Crippen molar-refractivity contribution in [2.75, 3.05) is 17.1 Å². The summed E-state index contributed by atoms with van der Waals surface area (Å²) in [6, 6.07) is 4.99. The van der Waals surface area contributed by atoms with Crippen LogP contribution in [0, 0.1) is 0 Å². The number of amides is 1. The van der Waals surface area contributed by atoms with E-state index in [0.717, 1.165) is 36.2 Å². The summed E-state index contributed by atoms with van der Waals surface area (Å²) in [5.41, 5.74) is 0.289. The zero-order valence-electron chi connectivity index (χ0n) is 13.6. The number of anilines is 1. The second kappa shape index (κ2) is 8.41. The van der Waals surface area contributed by atoms with Crippen molar-refractivity contribution in [2.45, 2.75) is 44.6 Å². The predicted molar refractivity (Wildman–Crippen MR) is 98.3 cm³/mol. The number of hydrogen-bond donors (Lipinski definition) is 1. The lowest BCUT2D eigenvalue weighted by molar-refractivity contribution is -0.121. The van der Waals surface area contributed by atoms with Crippen LogP contribution in [0.3, 0.4) is 0 Å². The predicted octanol–water partition coefficient (Wildman–Crippen LogP) is 3.60. The van der Waals surface area contributed by atoms with E-state index >= 15 is 0 Å². The van der Waals surface area contributed by atoms with Gasteiger partial charge in [-0.2, -0.15) is 0 Å². The first-order valence-electron chi connectivity index (χ1n) is 8.00. The minimum Gasteiger partial charge on any atom is -0.353 e. The number of nitrogens with zero attached hydrogens (tertiary/aromatic N) is 1. The molecule has 0 atom stereocenters. The Morgan fingerprint density at radius 2 is 1.92 bits per heavy atom. The van der Waals surface area contributed by atoms with Gasteiger partial charge in [-0.3, -0.25) is 9.10 Å². The van der Waals surface area contributed by atoms with Crippen LogP contribution in [0.1, 0.15) is 38.5 Å². The van der Waals surface area contributed by atoms with Crippen molar-refractivity contribution in [2.24, 2.45) is 0 Å². The van der Waals surface area contributed by atoms with Crippen LogP contribution in [0.5, 0.6) is 0 Å². The van der Waals surface area contributed by atoms with E-state index < -0.39 is 10.0 Å². The second-order valence-corrected chi connectivity index (χ2v) is 8.75. The molecule has 0 unspecified atom stereocenters. The lowest BCUT2D eigenvalue weighted by Gasteiger charge is -2.25. The van der Waals surface area contributed by atoms with E-state index in [9.17, 15) is 13.2 Å². The molecule has 1 amide bonds. The van der Waals surface area contributed by atoms with Gasteiger partial charge in [0.1, 0.15) is 0 Å². The number of benzene rings is 1. The van der Waals surface area contributed by atoms with Crippen molar-refractivity contribution < 1.29 is 13.2 Å². The molecule has 1 aliphatic carbocycles. The van der Waals surface area contributed by atoms with Gasteiger partial charge in [0.15, 0.2) is 0 Å². The van der Waals surface area contributed by atoms with Crippen LogP contribution in [0.4, 0.5) is 5.69 Å². The van der Waals surface area contributed by atoms with Crippen LogP contribution in [0.25, 0.3) is 0 Å². The summed E-state index contributed by atoms with van der Waals surface area (Å²) in [6.07, 6.45) is 6.59. The molecule has 1 fully saturated rings. The third kappa shape index (κ3) is 5.26. The molecular formula is C16H22Cl2N2O3S. The van der Waals surface area contributed by atoms with Gasteiger partial charge >= 0.3 is 0 Å². The summed E-state index contributed by atoms with van der Waals surface area (Å²) < 4.78 is 25.3. The van der Waals surface area contributed by atoms with Crippen molar-refractivity contribution in [3.05, 3.63) is 28.2 Å². The molecule has 134 valence electrons. The average Bonchev–Trinajstić information content (AvgIpc) is 2.51. The lowest BCUT2D eigenvalue weighted by atomic mass is 9.95. The highest BCUT2D eigenvalue weighted by Crippen LogP contribution is 2.33. The van der Waals surface area contributed by atoms with Crippen LogP contribution in [-0.4, -0.2) is 33.2 Å². The van der Waals surface area contributed by atoms with Crippen molar-refractivity contribution in [1.82, 2.24) is 5.32 Å². The molecule has 1 aromatic rings. The fraction of sp³-hybridized carbons (Fsp3) is 0.562. The quantitative estimate of drug-likeness (QED) is 0.803. The van der Waals surface area contributed by atoms with Crippen molar-refractivity contribution >= 4 is 44.8 Å². The number of rotatable bonds is 6. The van der Waals surface area contributed by atoms with Gasteiger partial charge in [0, 0.05) is 19.0 Å². The maximum Gasteiger partial charge on any atom is 0.232 e. The summed E-state index contributed by atoms with van der Waals surface area (Å²) in [6.45, 7) is 0.0252. The smallest absolute Gasteiger partial charge is 0.232 e. The van der Waals surface area contributed by atoms with Crippen molar-refractivity contribution in [3.63, 3.8) is 0 Å². The van der Waals surface area contributed by atoms with E-state index in [2.05, 4.69) is 5.32 Å². The van der Waals surface area contributed by atoms with Crippen molar-refractivity contribution in [3.8, 4) is 0 Å². The first-order valence-corrected chi connectivity index (χ1v) is 10.6. The molecule has 24 heavy (non-hydrogen) atoms. The van der Waals surface area contributed by atoms with E-state index in [1.807, 2.05) is 0 Å². The van der Waals surface area contributed by atoms with Crippen LogP contribution in [0.2, 0.25) is 10.0 Å². The summed E-state index contributed by atoms with van der Waals surface area (Å²) in [4.78, 5) is 12.1. The third-order valence-electron chi connectivity index (χ3n) is 4.11. The Morgan fingerprint density at radius 3 is 2.54 bits per heavy atom. The van der Waals surface area contributed by atoms with Crippen LogP contribution >= 0.6 is 23.2 Å². The molecule has 5 nitrogen and oxygen atoms in total. The largest absolute Gasteiger partial charge is 0.353 e. The zero-order chi connectivity index (χ0) is 17.7. The first-order chi connectivity index (χ1) is 11.3. The number of hydrogen-bond acceptors (Lipinski definition) is 3. The van der Waals surface area contributed by atoms with Gasteiger partial charge in [-0.1, -0.05) is 48.5 Å². The molecule has 2 rings (SSSR count). The maximum absolute atomic E-state index is 12.1. The van der Waals surface area contributed by atoms with E-state index in [0.29, 0.717) is 0 Å². The fourth-order valence-corrected chi connectivity index (χ4v) is 4.28. The highest BCUT2D eigenvalue weighted by Gasteiger charge is 2.23. The molecule has 1 aliphatic rings. The molecule has 0 radical (unpaired) electrons. The molecule has 0 aliphatic heterocycles. The van der Waals surface area contributed by atoms with Gasteiger partial charge in [0.25, 0.3) is 0 Å². The number of sulfonamides is 1. The normalized spacial score (nSPS) is 16.0. The standard InChI is InChI=1S/C16H22Cl2N2O3S/c1-24(22,23)20(14-9-5-8-13(17)16(14)18)11-10-15(21)19-12-6-3-2-4-7-12/h5,8-9,12H,2-4,6-7,10-11H2,1H3,(H,19,21). The Labute approximate surface area is 153 Å². The van der Waals surface area contributed by atoms with E-state index in [-0.39, 0.29) is 40.6 Å². The number of carbonyl (C=O) groups excluding carboxylic acids is 1. The second-order valence-electron chi connectivity index (χ2n) is 6.06. The summed E-state index contributed by atoms with van der Waals surface area (Å²) in [5.74, 6) is -0.145. The van der Waals surface area contributed by atoms with E-state index in [1.54, 1.807) is 18.2 Å². The Kier molecular flexibility index (Phi) is 6.78. The molecule has 1 aromatic carbocycles. The average molecular weight is 393 g/mol. The van der Waals surface area contributed by atoms with Crippen LogP contribution in [-0.2, 0) is 14.8 Å². The minimum absolute atomic E-state index is 0.0252. The zero-order valence-corrected chi connectivity index (χ0v) is 15.9. The Hall–Kier alpha value is -0.980. The topological polar surface area (TPSA) is 66.5 Å². The Morgan fingerprint density at radius 1 is 1.25 bits per heavy atom. The molecule has 0 heterocycles. The molecule has 1 N–H and O–H groups in total. The third-order valence-corrected chi connectivity index (χ3v) is 6.10. The molecular weight excluding hydrogens is 371 g/mol. The van der Waals surface area contributed by atoms with Crippen LogP contribution < -0.4 is 9.62 Å². The molecule has 0 saturated heterocycles. The highest BCUT2D eigenvalue weighted by atomic mass is 35.5. The van der Waals surface area contributed by atoms with Gasteiger partial charge in [-0.05, 0) is 25.0 Å². The van der Waals surface area contributed by atoms with Gasteiger partial charge in [-0.25, -0.2) is 8.42 Å². The molecule has 8 heteroatoms. The summed E-state index contributed by atoms with van der Waals surface area (Å²) in [5, 5.41) is 3.42. The fourth-order valence-electron chi connectivity index (χ4n) is 2.90. The molecule has 1 saturated carbocycles. The molecule has 0 aromatic heterocycles. The maximum atomic E-state index is 12.1. The monoisotopic (exact) mass is 392 g/mol. The first kappa shape index (κ1) is 19.3. The highest BCUT2D eigenvalue weighted by molar-refractivity contribution is 7.92. The summed E-state index contributed by atoms with van der Waals surface area (Å²) in [7, 11) is -3.58. The van der Waals surface area contributed by atoms with Crippen LogP contribution in [0.15, 0.2) is 18.2 Å². The van der Waals surface area contributed by atoms with Crippen molar-refractivity contribution in [1.29, 1.82) is 0 Å². The van der Waals surface area contributed by atoms with E-state index in [4.69, 9.17) is 23.2 Å². The van der Waals surface area contributed by atoms with Gasteiger partial charge in [0.05, 0.1) is 22.0 Å². The Bertz CT molecular complexity index is 689. The molecule has 0 spiro atoms. The van der Waals surface area contributed by atoms with Gasteiger partial charge in [0.2, 0.25) is 15.9 Å². The van der Waals surface area contributed by atoms with Gasteiger partial charge < -0.3 is 5.32 Å². The van der Waals surface area contributed by atoms with E-state index in [1.165, 1.54) is 6.42 Å². The Balaban J connectivity index is 2.04. The number of nitrogens with one attached hydrogen (secondary N) is 1.